The average molecular weight is 534 g/mol. The van der Waals surface area contributed by atoms with Gasteiger partial charge in [-0.25, -0.2) is 9.78 Å². The number of carbonyl (C=O) groups is 3. The lowest BCUT2D eigenvalue weighted by Crippen LogP contribution is -2.57. The van der Waals surface area contributed by atoms with Crippen LogP contribution >= 0.6 is 22.9 Å². The zero-order chi connectivity index (χ0) is 25.8. The van der Waals surface area contributed by atoms with Crippen molar-refractivity contribution in [2.45, 2.75) is 44.3 Å². The monoisotopic (exact) mass is 533 g/mol. The molecule has 10 nitrogen and oxygen atoms in total. The number of hydrogen-bond acceptors (Lipinski definition) is 7. The molecule has 4 rings (SSSR count). The number of fused-ring (bicyclic) bond motifs is 1. The van der Waals surface area contributed by atoms with Crippen LogP contribution in [0.5, 0.6) is 0 Å². The number of halogens is 1. The Kier molecular flexibility index (Phi) is 8.32. The van der Waals surface area contributed by atoms with Crippen molar-refractivity contribution in [3.05, 3.63) is 44.9 Å². The number of amides is 4. The third-order valence-corrected chi connectivity index (χ3v) is 7.89. The van der Waals surface area contributed by atoms with Gasteiger partial charge >= 0.3 is 6.03 Å². The van der Waals surface area contributed by atoms with Crippen LogP contribution in [0.25, 0.3) is 0 Å². The quantitative estimate of drug-likeness (QED) is 0.424. The number of aromatic nitrogens is 1. The first-order chi connectivity index (χ1) is 17.2. The predicted octanol–water partition coefficient (Wildman–Crippen LogP) is 2.47. The van der Waals surface area contributed by atoms with Crippen molar-refractivity contribution in [1.29, 1.82) is 0 Å². The Labute approximate surface area is 219 Å². The number of hydrazine groups is 1. The van der Waals surface area contributed by atoms with Crippen LogP contribution in [0.4, 0.5) is 10.5 Å². The Hall–Kier alpha value is -2.89. The zero-order valence-electron chi connectivity index (χ0n) is 20.6. The van der Waals surface area contributed by atoms with E-state index in [1.165, 1.54) is 11.3 Å². The van der Waals surface area contributed by atoms with E-state index in [1.54, 1.807) is 43.3 Å². The molecule has 4 amide bonds. The lowest BCUT2D eigenvalue weighted by Gasteiger charge is -2.37. The maximum Gasteiger partial charge on any atom is 0.333 e. The van der Waals surface area contributed by atoms with Crippen molar-refractivity contribution in [3.8, 4) is 0 Å². The minimum atomic E-state index is -0.431. The van der Waals surface area contributed by atoms with E-state index in [2.05, 4.69) is 38.4 Å². The van der Waals surface area contributed by atoms with Gasteiger partial charge in [-0.1, -0.05) is 11.6 Å². The fourth-order valence-electron chi connectivity index (χ4n) is 4.61. The number of rotatable bonds is 6. The van der Waals surface area contributed by atoms with E-state index in [9.17, 15) is 14.4 Å². The topological polar surface area (TPSA) is 119 Å². The van der Waals surface area contributed by atoms with Crippen molar-refractivity contribution >= 4 is 46.5 Å². The number of likely N-dealkylation sites (N-methyl/N-ethyl adjacent to an activating group) is 1. The Balaban J connectivity index is 1.42. The second-order valence-electron chi connectivity index (χ2n) is 9.54. The molecule has 12 heteroatoms. The minimum absolute atomic E-state index is 0.0225. The summed E-state index contributed by atoms with van der Waals surface area (Å²) in [6.07, 6.45) is 2.44. The maximum atomic E-state index is 13.2. The second kappa shape index (κ2) is 11.4. The number of nitrogens with zero attached hydrogens (tertiary/aromatic N) is 3. The standard InChI is InChI=1S/C24H32ClN7O3S/c1-31(2)23(34)14-4-9-17(28-24(35)30-29-16-7-5-15(25)6-8-16)19(12-14)26-21(33)22-27-18-10-11-32(3)13-20(18)36-22/h5-8,14,17,19,29H,4,9-13H2,1-3H3,(H,26,33)(H2,28,30,35). The van der Waals surface area contributed by atoms with Crippen molar-refractivity contribution in [2.24, 2.45) is 5.92 Å². The van der Waals surface area contributed by atoms with Crippen molar-refractivity contribution < 1.29 is 14.4 Å². The second-order valence-corrected chi connectivity index (χ2v) is 11.1. The fourth-order valence-corrected chi connectivity index (χ4v) is 5.83. The van der Waals surface area contributed by atoms with Gasteiger partial charge in [-0.2, -0.15) is 0 Å². The van der Waals surface area contributed by atoms with Gasteiger partial charge in [-0.05, 0) is 50.6 Å². The molecule has 3 unspecified atom stereocenters. The molecule has 1 fully saturated rings. The highest BCUT2D eigenvalue weighted by molar-refractivity contribution is 7.13. The van der Waals surface area contributed by atoms with E-state index >= 15 is 0 Å². The molecule has 0 saturated heterocycles. The van der Waals surface area contributed by atoms with Gasteiger partial charge in [0.05, 0.1) is 23.5 Å². The molecule has 1 aliphatic heterocycles. The summed E-state index contributed by atoms with van der Waals surface area (Å²) in [6.45, 7) is 1.70. The molecule has 1 aliphatic carbocycles. The highest BCUT2D eigenvalue weighted by Crippen LogP contribution is 2.28. The summed E-state index contributed by atoms with van der Waals surface area (Å²) in [5.41, 5.74) is 7.11. The molecule has 0 radical (unpaired) electrons. The number of urea groups is 1. The summed E-state index contributed by atoms with van der Waals surface area (Å²) in [4.78, 5) is 47.9. The lowest BCUT2D eigenvalue weighted by molar-refractivity contribution is -0.134. The minimum Gasteiger partial charge on any atom is -0.349 e. The third kappa shape index (κ3) is 6.45. The van der Waals surface area contributed by atoms with Crippen LogP contribution in [-0.2, 0) is 17.8 Å². The Morgan fingerprint density at radius 1 is 1.11 bits per heavy atom. The number of carbonyl (C=O) groups excluding carboxylic acids is 3. The first kappa shape index (κ1) is 26.2. The molecule has 4 N–H and O–H groups in total. The highest BCUT2D eigenvalue weighted by atomic mass is 35.5. The maximum absolute atomic E-state index is 13.2. The van der Waals surface area contributed by atoms with Crippen molar-refractivity contribution in [1.82, 2.24) is 30.8 Å². The SMILES string of the molecule is CN1CCc2nc(C(=O)NC3CC(C(=O)N(C)C)CCC3NC(=O)NNc3ccc(Cl)cc3)sc2C1. The summed E-state index contributed by atoms with van der Waals surface area (Å²) in [7, 11) is 5.51. The summed E-state index contributed by atoms with van der Waals surface area (Å²) < 4.78 is 0. The van der Waals surface area contributed by atoms with E-state index in [0.29, 0.717) is 35.0 Å². The van der Waals surface area contributed by atoms with Gasteiger partial charge in [-0.15, -0.1) is 11.3 Å². The summed E-state index contributed by atoms with van der Waals surface area (Å²) >= 11 is 7.31. The molecule has 3 atom stereocenters. The molecule has 2 aliphatic rings. The Bertz CT molecular complexity index is 1110. The van der Waals surface area contributed by atoms with Gasteiger partial charge in [0, 0.05) is 49.4 Å². The molecule has 36 heavy (non-hydrogen) atoms. The van der Waals surface area contributed by atoms with Crippen LogP contribution in [0.2, 0.25) is 5.02 Å². The highest BCUT2D eigenvalue weighted by Gasteiger charge is 2.37. The molecule has 2 aromatic rings. The summed E-state index contributed by atoms with van der Waals surface area (Å²) in [5, 5.41) is 7.03. The van der Waals surface area contributed by atoms with Crippen LogP contribution in [0.15, 0.2) is 24.3 Å². The van der Waals surface area contributed by atoms with Gasteiger partial charge in [0.15, 0.2) is 5.01 Å². The number of nitrogens with one attached hydrogen (secondary N) is 4. The molecule has 1 aromatic carbocycles. The van der Waals surface area contributed by atoms with E-state index in [1.807, 2.05) is 0 Å². The smallest absolute Gasteiger partial charge is 0.333 e. The molecule has 0 bridgehead atoms. The van der Waals surface area contributed by atoms with Crippen LogP contribution in [0.3, 0.4) is 0 Å². The normalized spacial score (nSPS) is 21.7. The largest absolute Gasteiger partial charge is 0.349 e. The van der Waals surface area contributed by atoms with Gasteiger partial charge in [0.1, 0.15) is 0 Å². The number of benzene rings is 1. The average Bonchev–Trinajstić information content (AvgIpc) is 3.27. The molecule has 194 valence electrons. The Morgan fingerprint density at radius 2 is 1.86 bits per heavy atom. The molecule has 1 aromatic heterocycles. The van der Waals surface area contributed by atoms with Gasteiger partial charge in [0.2, 0.25) is 5.91 Å². The number of anilines is 1. The first-order valence-corrected chi connectivity index (χ1v) is 13.2. The number of thiazole rings is 1. The fraction of sp³-hybridized carbons (Fsp3) is 0.500. The molecular weight excluding hydrogens is 502 g/mol. The summed E-state index contributed by atoms with van der Waals surface area (Å²) in [6, 6.07) is 5.74. The van der Waals surface area contributed by atoms with E-state index in [0.717, 1.165) is 30.1 Å². The van der Waals surface area contributed by atoms with Gasteiger partial charge in [-0.3, -0.25) is 20.4 Å². The molecule has 1 saturated carbocycles. The van der Waals surface area contributed by atoms with Crippen molar-refractivity contribution in [2.75, 3.05) is 33.1 Å². The van der Waals surface area contributed by atoms with E-state index in [4.69, 9.17) is 11.6 Å². The third-order valence-electron chi connectivity index (χ3n) is 6.55. The van der Waals surface area contributed by atoms with E-state index < -0.39 is 12.1 Å². The van der Waals surface area contributed by atoms with Gasteiger partial charge in [0.25, 0.3) is 5.91 Å². The van der Waals surface area contributed by atoms with E-state index in [-0.39, 0.29) is 23.8 Å². The van der Waals surface area contributed by atoms with Crippen LogP contribution in [0.1, 0.15) is 39.6 Å². The summed E-state index contributed by atoms with van der Waals surface area (Å²) in [5.74, 6) is -0.474. The number of hydrogen-bond donors (Lipinski definition) is 4. The zero-order valence-corrected chi connectivity index (χ0v) is 22.2. The van der Waals surface area contributed by atoms with Gasteiger partial charge < -0.3 is 20.4 Å². The van der Waals surface area contributed by atoms with Crippen molar-refractivity contribution in [3.63, 3.8) is 0 Å². The predicted molar refractivity (Wildman–Crippen MR) is 140 cm³/mol. The van der Waals surface area contributed by atoms with Crippen LogP contribution < -0.4 is 21.5 Å². The van der Waals surface area contributed by atoms with Crippen LogP contribution in [-0.4, -0.2) is 72.4 Å². The molecule has 2 heterocycles. The van der Waals surface area contributed by atoms with Crippen LogP contribution in [0, 0.1) is 5.92 Å². The first-order valence-electron chi connectivity index (χ1n) is 12.0. The molecule has 0 spiro atoms. The Morgan fingerprint density at radius 3 is 2.58 bits per heavy atom. The molecular formula is C24H32ClN7O3S. The lowest BCUT2D eigenvalue weighted by atomic mass is 9.81.